The summed E-state index contributed by atoms with van der Waals surface area (Å²) in [6.45, 7) is 0. The molecule has 26 heavy (non-hydrogen) atoms. The SMILES string of the molecule is O=P([O-])(F)F.O=P([O-])(F)F.O=P([O-])(F)F.O=P([O-])(F)F.O=P([O-])(F)F.[Nb+5]. The largest absolute Gasteiger partial charge is 5.00 e. The first-order valence-corrected chi connectivity index (χ1v) is 10.5. The molecule has 0 aromatic heterocycles. The average Bonchev–Trinajstić information content (AvgIpc) is 1.79. The van der Waals surface area contributed by atoms with Crippen LogP contribution in [0.3, 0.4) is 0 Å². The molecular formula is F10NbO10P5. The van der Waals surface area contributed by atoms with Crippen molar-refractivity contribution in [3.05, 3.63) is 0 Å². The Morgan fingerprint density at radius 3 is 0.346 bits per heavy atom. The van der Waals surface area contributed by atoms with Crippen LogP contribution >= 0.6 is 40.0 Å². The van der Waals surface area contributed by atoms with Crippen LogP contribution in [0.15, 0.2) is 0 Å². The van der Waals surface area contributed by atoms with Gasteiger partial charge in [-0.1, -0.05) is 0 Å². The molecule has 0 bridgehead atoms. The van der Waals surface area contributed by atoms with Gasteiger partial charge in [0.05, 0.1) is 0 Å². The minimum Gasteiger partial charge on any atom is -0.749 e. The van der Waals surface area contributed by atoms with E-state index in [1.807, 2.05) is 0 Å². The van der Waals surface area contributed by atoms with E-state index >= 15 is 0 Å². The van der Waals surface area contributed by atoms with Crippen LogP contribution in [0.1, 0.15) is 0 Å². The van der Waals surface area contributed by atoms with Gasteiger partial charge in [-0.2, -0.15) is 42.0 Å². The van der Waals surface area contributed by atoms with Gasteiger partial charge in [0.1, 0.15) is 0 Å². The van der Waals surface area contributed by atoms with E-state index in [2.05, 4.69) is 0 Å². The van der Waals surface area contributed by atoms with Crippen LogP contribution in [0, 0.1) is 0 Å². The molecule has 0 aromatic rings. The zero-order valence-electron chi connectivity index (χ0n) is 10.5. The Labute approximate surface area is 152 Å². The molecule has 0 aliphatic carbocycles. The Morgan fingerprint density at radius 2 is 0.346 bits per heavy atom. The fourth-order valence-electron chi connectivity index (χ4n) is 0. The molecule has 0 amide bonds. The van der Waals surface area contributed by atoms with Crippen molar-refractivity contribution in [2.75, 3.05) is 0 Å². The average molecular weight is 598 g/mol. The minimum absolute atomic E-state index is 0. The van der Waals surface area contributed by atoms with Crippen molar-refractivity contribution in [1.29, 1.82) is 0 Å². The van der Waals surface area contributed by atoms with Crippen LogP contribution in [-0.4, -0.2) is 0 Å². The Bertz CT molecular complexity index is 391. The Kier molecular flexibility index (Phi) is 26.9. The van der Waals surface area contributed by atoms with Crippen molar-refractivity contribution in [3.8, 4) is 0 Å². The Hall–Kier alpha value is 0.990. The first-order chi connectivity index (χ1) is 10.0. The molecule has 0 aliphatic rings. The summed E-state index contributed by atoms with van der Waals surface area (Å²) in [5.74, 6) is 0. The van der Waals surface area contributed by atoms with Crippen molar-refractivity contribution in [2.45, 2.75) is 0 Å². The standard InChI is InChI=1S/5F2HO2P.Nb/c5*1-5(2,3)4;/h5*(H,3,4);/q;;;;;+5/p-5. The molecule has 10 nitrogen and oxygen atoms in total. The van der Waals surface area contributed by atoms with Gasteiger partial charge in [-0.25, -0.2) is 0 Å². The summed E-state index contributed by atoms with van der Waals surface area (Å²) in [7, 11) is -29.4. The first-order valence-electron chi connectivity index (χ1n) is 3.52. The summed E-state index contributed by atoms with van der Waals surface area (Å²) in [5.41, 5.74) is 0. The van der Waals surface area contributed by atoms with E-state index in [1.165, 1.54) is 0 Å². The molecule has 0 atom stereocenters. The van der Waals surface area contributed by atoms with Gasteiger partial charge in [-0.15, -0.1) is 0 Å². The van der Waals surface area contributed by atoms with Crippen molar-refractivity contribution < 1.29 is 112 Å². The summed E-state index contributed by atoms with van der Waals surface area (Å²) in [6, 6.07) is 0. The monoisotopic (exact) mass is 598 g/mol. The van der Waals surface area contributed by atoms with Crippen molar-refractivity contribution in [3.63, 3.8) is 0 Å². The van der Waals surface area contributed by atoms with E-state index in [0.717, 1.165) is 0 Å². The second-order valence-electron chi connectivity index (χ2n) is 2.07. The molecular weight excluding hydrogens is 598 g/mol. The fraction of sp³-hybridized carbons (Fsp3) is 0. The fourth-order valence-corrected chi connectivity index (χ4v) is 0. The van der Waals surface area contributed by atoms with Gasteiger partial charge in [-0.05, 0) is 0 Å². The second-order valence-corrected chi connectivity index (χ2v) is 6.22. The second kappa shape index (κ2) is 16.9. The third-order valence-corrected chi connectivity index (χ3v) is 0. The van der Waals surface area contributed by atoms with Gasteiger partial charge in [0.25, 0.3) is 0 Å². The molecule has 0 radical (unpaired) electrons. The maximum atomic E-state index is 10.0. The quantitative estimate of drug-likeness (QED) is 0.226. The molecule has 0 unspecified atom stereocenters. The maximum absolute atomic E-state index is 10.0. The number of hydrogen-bond acceptors (Lipinski definition) is 10. The van der Waals surface area contributed by atoms with E-state index in [4.69, 9.17) is 47.3 Å². The van der Waals surface area contributed by atoms with E-state index < -0.39 is 40.0 Å². The zero-order chi connectivity index (χ0) is 22.5. The van der Waals surface area contributed by atoms with E-state index in [0.29, 0.717) is 0 Å². The van der Waals surface area contributed by atoms with Crippen LogP contribution in [0.5, 0.6) is 0 Å². The van der Waals surface area contributed by atoms with Crippen LogP contribution in [0.2, 0.25) is 0 Å². The van der Waals surface area contributed by atoms with Gasteiger partial charge in [0.15, 0.2) is 0 Å². The topological polar surface area (TPSA) is 201 Å². The van der Waals surface area contributed by atoms with Crippen LogP contribution in [0.25, 0.3) is 0 Å². The van der Waals surface area contributed by atoms with Gasteiger partial charge in [0.2, 0.25) is 0 Å². The summed E-state index contributed by atoms with van der Waals surface area (Å²) < 4.78 is 142. The Morgan fingerprint density at radius 1 is 0.346 bits per heavy atom. The van der Waals surface area contributed by atoms with E-state index in [9.17, 15) is 42.0 Å². The summed E-state index contributed by atoms with van der Waals surface area (Å²) >= 11 is 0. The van der Waals surface area contributed by atoms with Crippen molar-refractivity contribution in [1.82, 2.24) is 0 Å². The van der Waals surface area contributed by atoms with Crippen molar-refractivity contribution >= 4 is 40.0 Å². The molecule has 160 valence electrons. The number of halogens is 10. The summed E-state index contributed by atoms with van der Waals surface area (Å²) in [5, 5.41) is 0. The van der Waals surface area contributed by atoms with E-state index in [1.54, 1.807) is 0 Å². The summed E-state index contributed by atoms with van der Waals surface area (Å²) in [6.07, 6.45) is 0. The molecule has 0 spiro atoms. The normalized spacial score (nSPS) is 11.3. The number of rotatable bonds is 0. The Balaban J connectivity index is -0.0000000476. The van der Waals surface area contributed by atoms with Gasteiger partial charge < -0.3 is 24.5 Å². The zero-order valence-corrected chi connectivity index (χ0v) is 17.2. The number of hydrogen-bond donors (Lipinski definition) is 0. The van der Waals surface area contributed by atoms with Crippen molar-refractivity contribution in [2.24, 2.45) is 0 Å². The molecule has 0 fully saturated rings. The van der Waals surface area contributed by atoms with Gasteiger partial charge in [-0.3, -0.25) is 22.8 Å². The van der Waals surface area contributed by atoms with Crippen LogP contribution < -0.4 is 24.5 Å². The summed E-state index contributed by atoms with van der Waals surface area (Å²) in [4.78, 5) is 41.6. The molecule has 0 N–H and O–H groups in total. The van der Waals surface area contributed by atoms with Gasteiger partial charge >= 0.3 is 62.3 Å². The van der Waals surface area contributed by atoms with Gasteiger partial charge in [0, 0.05) is 0 Å². The minimum atomic E-state index is -5.89. The molecule has 0 aliphatic heterocycles. The van der Waals surface area contributed by atoms with Crippen LogP contribution in [0.4, 0.5) is 42.0 Å². The van der Waals surface area contributed by atoms with E-state index in [-0.39, 0.29) is 22.4 Å². The molecule has 0 heterocycles. The smallest absolute Gasteiger partial charge is 0.749 e. The predicted octanol–water partition coefficient (Wildman–Crippen LogP) is 1.97. The molecule has 0 saturated heterocycles. The third-order valence-electron chi connectivity index (χ3n) is 0. The first kappa shape index (κ1) is 41.4. The molecule has 0 saturated carbocycles. The van der Waals surface area contributed by atoms with Crippen LogP contribution in [-0.2, 0) is 45.2 Å². The predicted molar refractivity (Wildman–Crippen MR) is 49.1 cm³/mol. The molecule has 26 heteroatoms. The molecule has 0 aromatic carbocycles. The maximum Gasteiger partial charge on any atom is 5.00 e. The molecule has 0 rings (SSSR count). The third kappa shape index (κ3) is 14700.